The van der Waals surface area contributed by atoms with Crippen LogP contribution in [0.25, 0.3) is 12.2 Å². The second kappa shape index (κ2) is 13.2. The van der Waals surface area contributed by atoms with Crippen LogP contribution in [0.2, 0.25) is 0 Å². The summed E-state index contributed by atoms with van der Waals surface area (Å²) in [5.74, 6) is 1.70. The number of ether oxygens (including phenoxy) is 6. The minimum Gasteiger partial charge on any atom is -0.494 e. The third kappa shape index (κ3) is 6.81. The van der Waals surface area contributed by atoms with Gasteiger partial charge in [-0.3, -0.25) is 4.79 Å². The monoisotopic (exact) mass is 537 g/mol. The number of allylic oxidation sites excluding steroid dienone is 2. The minimum atomic E-state index is -0.532. The Morgan fingerprint density at radius 3 is 1.90 bits per heavy atom. The molecule has 1 N–H and O–H groups in total. The van der Waals surface area contributed by atoms with Gasteiger partial charge in [-0.15, -0.1) is 0 Å². The van der Waals surface area contributed by atoms with Crippen LogP contribution < -0.4 is 33.7 Å². The molecule has 0 aliphatic carbocycles. The van der Waals surface area contributed by atoms with Gasteiger partial charge in [-0.2, -0.15) is 0 Å². The Hall–Kier alpha value is -4.66. The van der Waals surface area contributed by atoms with Crippen molar-refractivity contribution >= 4 is 23.6 Å². The molecule has 3 aromatic carbocycles. The zero-order chi connectivity index (χ0) is 28.5. The molecular weight excluding hydrogens is 505 g/mol. The van der Waals surface area contributed by atoms with Gasteiger partial charge in [0.05, 0.1) is 42.7 Å². The lowest BCUT2D eigenvalue weighted by Gasteiger charge is -2.14. The van der Waals surface area contributed by atoms with Gasteiger partial charge in [0.1, 0.15) is 0 Å². The first-order valence-corrected chi connectivity index (χ1v) is 11.9. The topological polar surface area (TPSA) is 84.5 Å². The van der Waals surface area contributed by atoms with Gasteiger partial charge in [0.25, 0.3) is 0 Å². The van der Waals surface area contributed by atoms with Crippen LogP contribution in [0, 0.1) is 5.82 Å². The van der Waals surface area contributed by atoms with E-state index in [4.69, 9.17) is 28.4 Å². The number of nitrogens with one attached hydrogen (secondary N) is 1. The molecular formula is C30H32FNO7. The van der Waals surface area contributed by atoms with E-state index in [1.165, 1.54) is 60.9 Å². The molecule has 39 heavy (non-hydrogen) atoms. The molecule has 8 nitrogen and oxygen atoms in total. The lowest BCUT2D eigenvalue weighted by atomic mass is 10.1. The van der Waals surface area contributed by atoms with Crippen molar-refractivity contribution in [3.63, 3.8) is 0 Å². The largest absolute Gasteiger partial charge is 0.494 e. The summed E-state index contributed by atoms with van der Waals surface area (Å²) >= 11 is 0. The van der Waals surface area contributed by atoms with Crippen molar-refractivity contribution in [2.24, 2.45) is 0 Å². The maximum atomic E-state index is 14.7. The van der Waals surface area contributed by atoms with Gasteiger partial charge in [-0.25, -0.2) is 4.39 Å². The van der Waals surface area contributed by atoms with E-state index in [0.717, 1.165) is 5.56 Å². The number of halogens is 1. The molecule has 206 valence electrons. The number of methoxy groups -OCH3 is 6. The van der Waals surface area contributed by atoms with Crippen molar-refractivity contribution in [2.75, 3.05) is 48.0 Å². The zero-order valence-electron chi connectivity index (χ0n) is 23.0. The molecule has 0 heterocycles. The molecule has 0 spiro atoms. The van der Waals surface area contributed by atoms with Gasteiger partial charge in [-0.05, 0) is 48.9 Å². The highest BCUT2D eigenvalue weighted by Crippen LogP contribution is 2.39. The van der Waals surface area contributed by atoms with Crippen molar-refractivity contribution in [3.05, 3.63) is 76.7 Å². The van der Waals surface area contributed by atoms with E-state index in [1.807, 2.05) is 0 Å². The second-order valence-corrected chi connectivity index (χ2v) is 8.25. The van der Waals surface area contributed by atoms with E-state index in [1.54, 1.807) is 49.4 Å². The second-order valence-electron chi connectivity index (χ2n) is 8.25. The number of hydrogen-bond donors (Lipinski definition) is 1. The van der Waals surface area contributed by atoms with Crippen molar-refractivity contribution in [1.82, 2.24) is 0 Å². The van der Waals surface area contributed by atoms with Gasteiger partial charge < -0.3 is 33.7 Å². The van der Waals surface area contributed by atoms with Crippen molar-refractivity contribution in [1.29, 1.82) is 0 Å². The lowest BCUT2D eigenvalue weighted by Crippen LogP contribution is -2.04. The van der Waals surface area contributed by atoms with Crippen LogP contribution in [0.15, 0.2) is 54.2 Å². The maximum absolute atomic E-state index is 14.7. The van der Waals surface area contributed by atoms with E-state index in [2.05, 4.69) is 5.32 Å². The molecule has 0 unspecified atom stereocenters. The molecule has 3 aromatic rings. The number of carbonyl (C=O) groups excluding carboxylic acids is 1. The number of benzene rings is 3. The molecule has 0 radical (unpaired) electrons. The first-order chi connectivity index (χ1) is 18.8. The fourth-order valence-electron chi connectivity index (χ4n) is 3.87. The number of carbonyl (C=O) groups is 1. The Morgan fingerprint density at radius 1 is 0.718 bits per heavy atom. The number of rotatable bonds is 12. The molecule has 0 amide bonds. The lowest BCUT2D eigenvalue weighted by molar-refractivity contribution is 0.104. The summed E-state index contributed by atoms with van der Waals surface area (Å²) in [5, 5.41) is 3.18. The van der Waals surface area contributed by atoms with Gasteiger partial charge in [-0.1, -0.05) is 12.2 Å². The summed E-state index contributed by atoms with van der Waals surface area (Å²) in [6.45, 7) is 1.74. The Labute approximate surface area is 227 Å². The van der Waals surface area contributed by atoms with Crippen LogP contribution in [0.3, 0.4) is 0 Å². The molecule has 0 atom stereocenters. The van der Waals surface area contributed by atoms with E-state index in [0.29, 0.717) is 51.3 Å². The summed E-state index contributed by atoms with van der Waals surface area (Å²) in [7, 11) is 9.01. The van der Waals surface area contributed by atoms with E-state index in [-0.39, 0.29) is 11.5 Å². The van der Waals surface area contributed by atoms with Crippen LogP contribution in [-0.2, 0) is 0 Å². The average molecular weight is 538 g/mol. The molecule has 0 aliphatic rings. The van der Waals surface area contributed by atoms with Crippen LogP contribution in [-0.4, -0.2) is 48.4 Å². The standard InChI is InChI=1S/C30H32FNO7/c1-18(12-24(33)21-10-11-25(34-2)27(16-21)36-4)32-23-17-26(35-3)22(31)15-20(23)9-8-19-13-28(37-5)30(39-7)29(14-19)38-6/h8-17,32H,1-7H3/b9-8-,18-12-. The Balaban J connectivity index is 1.95. The predicted molar refractivity (Wildman–Crippen MR) is 149 cm³/mol. The summed E-state index contributed by atoms with van der Waals surface area (Å²) in [5.41, 5.74) is 2.75. The van der Waals surface area contributed by atoms with Crippen LogP contribution in [0.4, 0.5) is 10.1 Å². The predicted octanol–water partition coefficient (Wildman–Crippen LogP) is 6.25. The van der Waals surface area contributed by atoms with E-state index in [9.17, 15) is 9.18 Å². The van der Waals surface area contributed by atoms with Crippen molar-refractivity contribution in [3.8, 4) is 34.5 Å². The third-order valence-corrected chi connectivity index (χ3v) is 5.81. The first kappa shape index (κ1) is 28.9. The van der Waals surface area contributed by atoms with Crippen molar-refractivity contribution in [2.45, 2.75) is 6.92 Å². The summed E-state index contributed by atoms with van der Waals surface area (Å²) in [4.78, 5) is 12.9. The highest BCUT2D eigenvalue weighted by Gasteiger charge is 2.14. The highest BCUT2D eigenvalue weighted by molar-refractivity contribution is 6.05. The highest BCUT2D eigenvalue weighted by atomic mass is 19.1. The molecule has 0 aromatic heterocycles. The van der Waals surface area contributed by atoms with Gasteiger partial charge in [0.2, 0.25) is 5.75 Å². The van der Waals surface area contributed by atoms with E-state index >= 15 is 0 Å². The SMILES string of the molecule is COc1cc(N/C(C)=C\C(=O)c2ccc(OC)c(OC)c2)c(/C=C\c2cc(OC)c(OC)c(OC)c2)cc1F. The third-order valence-electron chi connectivity index (χ3n) is 5.81. The Bertz CT molecular complexity index is 1370. The summed E-state index contributed by atoms with van der Waals surface area (Å²) in [6.07, 6.45) is 4.96. The number of ketones is 1. The zero-order valence-corrected chi connectivity index (χ0v) is 23.0. The minimum absolute atomic E-state index is 0.0569. The fourth-order valence-corrected chi connectivity index (χ4v) is 3.87. The van der Waals surface area contributed by atoms with Crippen LogP contribution >= 0.6 is 0 Å². The van der Waals surface area contributed by atoms with Crippen molar-refractivity contribution < 1.29 is 37.6 Å². The van der Waals surface area contributed by atoms with Gasteiger partial charge in [0.15, 0.2) is 40.3 Å². The smallest absolute Gasteiger partial charge is 0.203 e. The number of hydrogen-bond acceptors (Lipinski definition) is 8. The van der Waals surface area contributed by atoms with Crippen LogP contribution in [0.5, 0.6) is 34.5 Å². The molecule has 0 bridgehead atoms. The fraction of sp³-hybridized carbons (Fsp3) is 0.233. The first-order valence-electron chi connectivity index (χ1n) is 11.9. The quantitative estimate of drug-likeness (QED) is 0.165. The molecule has 0 aliphatic heterocycles. The van der Waals surface area contributed by atoms with Crippen LogP contribution in [0.1, 0.15) is 28.4 Å². The van der Waals surface area contributed by atoms with Gasteiger partial charge in [0, 0.05) is 34.7 Å². The summed E-state index contributed by atoms with van der Waals surface area (Å²) < 4.78 is 46.6. The Kier molecular flexibility index (Phi) is 9.80. The molecule has 0 saturated carbocycles. The maximum Gasteiger partial charge on any atom is 0.203 e. The molecule has 9 heteroatoms. The molecule has 0 saturated heterocycles. The summed E-state index contributed by atoms with van der Waals surface area (Å²) in [6, 6.07) is 11.4. The number of anilines is 1. The average Bonchev–Trinajstić information content (AvgIpc) is 2.95. The molecule has 0 fully saturated rings. The van der Waals surface area contributed by atoms with Gasteiger partial charge >= 0.3 is 0 Å². The van der Waals surface area contributed by atoms with E-state index < -0.39 is 5.82 Å². The normalized spacial score (nSPS) is 11.2. The molecule has 3 rings (SSSR count). The Morgan fingerprint density at radius 2 is 1.33 bits per heavy atom.